The molecule has 2 amide bonds. The molecule has 1 heterocycles. The molecule has 9 heteroatoms. The summed E-state index contributed by atoms with van der Waals surface area (Å²) in [4.78, 5) is 26.5. The van der Waals surface area contributed by atoms with Crippen molar-refractivity contribution in [2.45, 2.75) is 0 Å². The minimum Gasteiger partial charge on any atom is -0.503 e. The number of hydrogen-bond acceptors (Lipinski definition) is 5. The first-order valence-corrected chi connectivity index (χ1v) is 9.13. The number of amides is 2. The fourth-order valence-corrected chi connectivity index (χ4v) is 3.25. The van der Waals surface area contributed by atoms with Gasteiger partial charge in [0.25, 0.3) is 11.8 Å². The number of aromatic hydroxyl groups is 1. The van der Waals surface area contributed by atoms with Crippen LogP contribution in [0.1, 0.15) is 5.56 Å². The highest BCUT2D eigenvalue weighted by Crippen LogP contribution is 2.36. The highest BCUT2D eigenvalue weighted by Gasteiger charge is 2.34. The summed E-state index contributed by atoms with van der Waals surface area (Å²) in [6.45, 7) is 0. The quantitative estimate of drug-likeness (QED) is 0.409. The summed E-state index contributed by atoms with van der Waals surface area (Å²) in [5, 5.41) is 12.4. The summed E-state index contributed by atoms with van der Waals surface area (Å²) in [6.07, 6.45) is 1.36. The highest BCUT2D eigenvalue weighted by atomic mass is 79.9. The number of benzene rings is 2. The minimum absolute atomic E-state index is 0.00853. The molecule has 27 heavy (non-hydrogen) atoms. The molecule has 2 aromatic rings. The second-order valence-corrected chi connectivity index (χ2v) is 7.20. The minimum atomic E-state index is -0.624. The molecule has 6 nitrogen and oxygen atoms in total. The van der Waals surface area contributed by atoms with Crippen molar-refractivity contribution in [1.29, 1.82) is 0 Å². The zero-order valence-electron chi connectivity index (χ0n) is 13.8. The number of rotatable bonds is 3. The Bertz CT molecular complexity index is 992. The van der Waals surface area contributed by atoms with E-state index in [1.807, 2.05) is 0 Å². The number of nitrogens with one attached hydrogen (secondary N) is 1. The van der Waals surface area contributed by atoms with E-state index in [2.05, 4.69) is 21.2 Å². The van der Waals surface area contributed by atoms with E-state index in [0.29, 0.717) is 11.3 Å². The average molecular weight is 468 g/mol. The number of phenolic OH excluding ortho intramolecular Hbond substituents is 1. The van der Waals surface area contributed by atoms with Gasteiger partial charge in [-0.15, -0.1) is 0 Å². The van der Waals surface area contributed by atoms with Crippen molar-refractivity contribution in [3.05, 3.63) is 57.0 Å². The largest absolute Gasteiger partial charge is 0.503 e. The third-order valence-corrected chi connectivity index (χ3v) is 4.87. The van der Waals surface area contributed by atoms with Crippen molar-refractivity contribution < 1.29 is 19.4 Å². The zero-order chi connectivity index (χ0) is 19.7. The molecule has 2 N–H and O–H groups in total. The first-order chi connectivity index (χ1) is 12.8. The topological polar surface area (TPSA) is 78.9 Å². The van der Waals surface area contributed by atoms with Crippen molar-refractivity contribution in [3.8, 4) is 11.5 Å². The Morgan fingerprint density at radius 1 is 1.26 bits per heavy atom. The number of carbonyl (C=O) groups excluding carboxylic acids is 2. The first kappa shape index (κ1) is 19.3. The van der Waals surface area contributed by atoms with E-state index in [1.54, 1.807) is 24.3 Å². The summed E-state index contributed by atoms with van der Waals surface area (Å²) in [6, 6.07) is 9.80. The van der Waals surface area contributed by atoms with E-state index in [4.69, 9.17) is 28.6 Å². The molecule has 0 spiro atoms. The van der Waals surface area contributed by atoms with Gasteiger partial charge in [-0.1, -0.05) is 27.5 Å². The van der Waals surface area contributed by atoms with E-state index >= 15 is 0 Å². The second-order valence-electron chi connectivity index (χ2n) is 5.49. The molecule has 2 aromatic carbocycles. The number of nitrogens with zero attached hydrogens (tertiary/aromatic N) is 1. The molecule has 0 radical (unpaired) electrons. The van der Waals surface area contributed by atoms with Crippen LogP contribution in [0.25, 0.3) is 6.08 Å². The van der Waals surface area contributed by atoms with Crippen LogP contribution in [0.5, 0.6) is 11.5 Å². The maximum absolute atomic E-state index is 12.9. The van der Waals surface area contributed by atoms with Gasteiger partial charge in [0.15, 0.2) is 16.6 Å². The van der Waals surface area contributed by atoms with Crippen molar-refractivity contribution >= 4 is 68.4 Å². The Kier molecular flexibility index (Phi) is 5.50. The number of carbonyl (C=O) groups is 2. The zero-order valence-corrected chi connectivity index (χ0v) is 17.0. The normalized spacial score (nSPS) is 15.9. The Morgan fingerprint density at radius 3 is 2.56 bits per heavy atom. The molecule has 1 aliphatic rings. The van der Waals surface area contributed by atoms with Crippen LogP contribution < -0.4 is 15.0 Å². The summed E-state index contributed by atoms with van der Waals surface area (Å²) >= 11 is 14.5. The fraction of sp³-hybridized carbons (Fsp3) is 0.0556. The van der Waals surface area contributed by atoms with Crippen molar-refractivity contribution in [2.75, 3.05) is 12.0 Å². The molecule has 0 aromatic heterocycles. The summed E-state index contributed by atoms with van der Waals surface area (Å²) in [5.74, 6) is -1.30. The lowest BCUT2D eigenvalue weighted by atomic mass is 10.1. The molecule has 0 aliphatic carbocycles. The molecule has 138 valence electrons. The molecule has 1 fully saturated rings. The number of anilines is 1. The van der Waals surface area contributed by atoms with Crippen molar-refractivity contribution in [1.82, 2.24) is 5.32 Å². The Balaban J connectivity index is 2.04. The molecule has 1 aliphatic heterocycles. The van der Waals surface area contributed by atoms with Crippen LogP contribution in [-0.2, 0) is 9.59 Å². The van der Waals surface area contributed by atoms with Gasteiger partial charge in [-0.2, -0.15) is 0 Å². The maximum Gasteiger partial charge on any atom is 0.270 e. The van der Waals surface area contributed by atoms with E-state index < -0.39 is 11.8 Å². The molecule has 0 bridgehead atoms. The highest BCUT2D eigenvalue weighted by molar-refractivity contribution is 9.10. The van der Waals surface area contributed by atoms with Crippen LogP contribution in [0.2, 0.25) is 5.02 Å². The third kappa shape index (κ3) is 3.83. The van der Waals surface area contributed by atoms with Gasteiger partial charge in [0.2, 0.25) is 0 Å². The van der Waals surface area contributed by atoms with Gasteiger partial charge >= 0.3 is 0 Å². The lowest BCUT2D eigenvalue weighted by Crippen LogP contribution is -2.54. The number of thiocarbonyl (C=S) groups is 1. The predicted molar refractivity (Wildman–Crippen MR) is 110 cm³/mol. The number of halogens is 2. The van der Waals surface area contributed by atoms with Crippen LogP contribution in [0.4, 0.5) is 5.69 Å². The smallest absolute Gasteiger partial charge is 0.270 e. The van der Waals surface area contributed by atoms with Crippen LogP contribution in [-0.4, -0.2) is 29.1 Å². The number of methoxy groups -OCH3 is 1. The van der Waals surface area contributed by atoms with Crippen LogP contribution in [0.15, 0.2) is 46.4 Å². The lowest BCUT2D eigenvalue weighted by Gasteiger charge is -2.29. The monoisotopic (exact) mass is 466 g/mol. The number of phenols is 1. The predicted octanol–water partition coefficient (Wildman–Crippen LogP) is 3.65. The molecule has 1 saturated heterocycles. The SMILES string of the molecule is COc1cc(/C=C2/C(=O)NC(=S)N(c3ccc(Br)cc3)C2=O)cc(Cl)c1O. The second kappa shape index (κ2) is 7.67. The van der Waals surface area contributed by atoms with Crippen LogP contribution >= 0.6 is 39.7 Å². The lowest BCUT2D eigenvalue weighted by molar-refractivity contribution is -0.122. The molecular weight excluding hydrogens is 456 g/mol. The number of hydrogen-bond donors (Lipinski definition) is 2. The Hall–Kier alpha value is -2.42. The fourth-order valence-electron chi connectivity index (χ4n) is 2.48. The molecule has 3 rings (SSSR count). The summed E-state index contributed by atoms with van der Waals surface area (Å²) in [7, 11) is 1.37. The summed E-state index contributed by atoms with van der Waals surface area (Å²) < 4.78 is 5.88. The molecule has 0 atom stereocenters. The number of ether oxygens (including phenoxy) is 1. The average Bonchev–Trinajstić information content (AvgIpc) is 2.62. The third-order valence-electron chi connectivity index (χ3n) is 3.77. The van der Waals surface area contributed by atoms with E-state index in [9.17, 15) is 14.7 Å². The van der Waals surface area contributed by atoms with Gasteiger partial charge in [-0.3, -0.25) is 19.8 Å². The van der Waals surface area contributed by atoms with Crippen LogP contribution in [0.3, 0.4) is 0 Å². The van der Waals surface area contributed by atoms with Crippen molar-refractivity contribution in [3.63, 3.8) is 0 Å². The van der Waals surface area contributed by atoms with Crippen LogP contribution in [0, 0.1) is 0 Å². The van der Waals surface area contributed by atoms with Crippen molar-refractivity contribution in [2.24, 2.45) is 0 Å². The van der Waals surface area contributed by atoms with Gasteiger partial charge in [0.1, 0.15) is 5.57 Å². The van der Waals surface area contributed by atoms with E-state index in [-0.39, 0.29) is 27.2 Å². The van der Waals surface area contributed by atoms with E-state index in [1.165, 1.54) is 30.2 Å². The first-order valence-electron chi connectivity index (χ1n) is 7.55. The standard InChI is InChI=1S/C18H12BrClN2O4S/c1-26-14-8-9(7-13(20)15(14)23)6-12-16(24)21-18(27)22(17(12)25)11-4-2-10(19)3-5-11/h2-8,23H,1H3,(H,21,24,27)/b12-6-. The maximum atomic E-state index is 12.9. The van der Waals surface area contributed by atoms with Gasteiger partial charge in [-0.25, -0.2) is 0 Å². The molecular formula is C18H12BrClN2O4S. The van der Waals surface area contributed by atoms with Gasteiger partial charge in [0.05, 0.1) is 17.8 Å². The Morgan fingerprint density at radius 2 is 1.93 bits per heavy atom. The van der Waals surface area contributed by atoms with Gasteiger partial charge in [-0.05, 0) is 60.3 Å². The van der Waals surface area contributed by atoms with E-state index in [0.717, 1.165) is 4.47 Å². The van der Waals surface area contributed by atoms with Gasteiger partial charge < -0.3 is 9.84 Å². The van der Waals surface area contributed by atoms with Gasteiger partial charge in [0, 0.05) is 4.47 Å². The molecule has 0 saturated carbocycles. The summed E-state index contributed by atoms with van der Waals surface area (Å²) in [5.41, 5.74) is 0.799. The molecule has 0 unspecified atom stereocenters. The Labute approximate surface area is 173 Å².